The molecule has 2 aliphatic rings. The second-order valence-corrected chi connectivity index (χ2v) is 8.35. The topological polar surface area (TPSA) is 57.3 Å². The molecule has 0 aliphatic carbocycles. The van der Waals surface area contributed by atoms with E-state index >= 15 is 0 Å². The van der Waals surface area contributed by atoms with E-state index in [-0.39, 0.29) is 11.9 Å². The molecule has 2 aliphatic heterocycles. The minimum absolute atomic E-state index is 0.0463. The van der Waals surface area contributed by atoms with Gasteiger partial charge in [-0.05, 0) is 43.3 Å². The van der Waals surface area contributed by atoms with Gasteiger partial charge in [-0.2, -0.15) is 0 Å². The zero-order chi connectivity index (χ0) is 22.2. The van der Waals surface area contributed by atoms with Crippen molar-refractivity contribution >= 4 is 17.3 Å². The minimum atomic E-state index is -0.156. The van der Waals surface area contributed by atoms with Crippen LogP contribution in [0, 0.1) is 0 Å². The predicted molar refractivity (Wildman–Crippen MR) is 128 cm³/mol. The van der Waals surface area contributed by atoms with E-state index in [0.717, 1.165) is 70.5 Å². The van der Waals surface area contributed by atoms with Gasteiger partial charge < -0.3 is 19.7 Å². The van der Waals surface area contributed by atoms with Crippen molar-refractivity contribution in [2.75, 3.05) is 75.9 Å². The molecule has 0 aromatic heterocycles. The number of amides is 1. The third kappa shape index (κ3) is 6.22. The Labute approximate surface area is 190 Å². The van der Waals surface area contributed by atoms with Crippen LogP contribution in [-0.4, -0.2) is 87.4 Å². The van der Waals surface area contributed by atoms with E-state index in [1.54, 1.807) is 0 Å². The monoisotopic (exact) mass is 438 g/mol. The summed E-state index contributed by atoms with van der Waals surface area (Å²) in [7, 11) is 0. The van der Waals surface area contributed by atoms with Gasteiger partial charge in [-0.15, -0.1) is 0 Å². The zero-order valence-corrected chi connectivity index (χ0v) is 18.9. The maximum absolute atomic E-state index is 12.8. The van der Waals surface area contributed by atoms with Crippen LogP contribution in [-0.2, 0) is 9.53 Å². The van der Waals surface area contributed by atoms with E-state index < -0.39 is 0 Å². The number of benzene rings is 2. The van der Waals surface area contributed by atoms with Gasteiger partial charge >= 0.3 is 0 Å². The summed E-state index contributed by atoms with van der Waals surface area (Å²) in [5.74, 6) is 0.958. The molecular weight excluding hydrogens is 404 g/mol. The molecule has 172 valence electrons. The standard InChI is InChI=1S/C25H34N4O3/c1-21(25(30)26-22-7-9-23(10-8-22)29-16-18-31-19-17-29)28-13-11-27(12-14-28)15-20-32-24-5-3-2-4-6-24/h2-10,21H,11-20H2,1H3,(H,26,30)/t21-/m0/s1. The third-order valence-corrected chi connectivity index (χ3v) is 6.26. The van der Waals surface area contributed by atoms with Gasteiger partial charge in [-0.25, -0.2) is 0 Å². The molecule has 0 bridgehead atoms. The number of para-hydroxylation sites is 1. The van der Waals surface area contributed by atoms with Crippen molar-refractivity contribution in [2.45, 2.75) is 13.0 Å². The Hall–Kier alpha value is -2.61. The highest BCUT2D eigenvalue weighted by molar-refractivity contribution is 5.94. The molecule has 1 amide bonds. The van der Waals surface area contributed by atoms with Crippen LogP contribution in [0.1, 0.15) is 6.92 Å². The molecule has 1 N–H and O–H groups in total. The summed E-state index contributed by atoms with van der Waals surface area (Å²) < 4.78 is 11.2. The van der Waals surface area contributed by atoms with E-state index in [1.807, 2.05) is 49.4 Å². The number of rotatable bonds is 8. The van der Waals surface area contributed by atoms with Crippen molar-refractivity contribution in [2.24, 2.45) is 0 Å². The van der Waals surface area contributed by atoms with Gasteiger partial charge in [-0.1, -0.05) is 18.2 Å². The van der Waals surface area contributed by atoms with Crippen molar-refractivity contribution in [3.8, 4) is 5.75 Å². The Morgan fingerprint density at radius 3 is 2.34 bits per heavy atom. The van der Waals surface area contributed by atoms with Gasteiger partial charge in [0.15, 0.2) is 0 Å². The van der Waals surface area contributed by atoms with Crippen LogP contribution in [0.15, 0.2) is 54.6 Å². The average molecular weight is 439 g/mol. The number of ether oxygens (including phenoxy) is 2. The van der Waals surface area contributed by atoms with E-state index in [1.165, 1.54) is 5.69 Å². The van der Waals surface area contributed by atoms with Crippen LogP contribution in [0.2, 0.25) is 0 Å². The summed E-state index contributed by atoms with van der Waals surface area (Å²) in [5.41, 5.74) is 2.02. The second kappa shape index (κ2) is 11.3. The Bertz CT molecular complexity index is 832. The first kappa shape index (κ1) is 22.6. The van der Waals surface area contributed by atoms with Crippen LogP contribution in [0.5, 0.6) is 5.75 Å². The van der Waals surface area contributed by atoms with Crippen molar-refractivity contribution in [3.05, 3.63) is 54.6 Å². The van der Waals surface area contributed by atoms with E-state index in [0.29, 0.717) is 6.61 Å². The molecule has 0 radical (unpaired) electrons. The smallest absolute Gasteiger partial charge is 0.241 e. The normalized spacial score (nSPS) is 18.8. The van der Waals surface area contributed by atoms with E-state index in [4.69, 9.17) is 9.47 Å². The molecule has 1 atom stereocenters. The molecule has 2 saturated heterocycles. The van der Waals surface area contributed by atoms with E-state index in [9.17, 15) is 4.79 Å². The summed E-state index contributed by atoms with van der Waals surface area (Å²) in [6, 6.07) is 17.9. The van der Waals surface area contributed by atoms with Crippen molar-refractivity contribution in [3.63, 3.8) is 0 Å². The summed E-state index contributed by atoms with van der Waals surface area (Å²) >= 11 is 0. The fourth-order valence-electron chi connectivity index (χ4n) is 4.17. The second-order valence-electron chi connectivity index (χ2n) is 8.35. The number of carbonyl (C=O) groups excluding carboxylic acids is 1. The number of hydrogen-bond acceptors (Lipinski definition) is 6. The van der Waals surface area contributed by atoms with Crippen LogP contribution in [0.25, 0.3) is 0 Å². The number of hydrogen-bond donors (Lipinski definition) is 1. The molecule has 32 heavy (non-hydrogen) atoms. The fraction of sp³-hybridized carbons (Fsp3) is 0.480. The van der Waals surface area contributed by atoms with Crippen LogP contribution in [0.4, 0.5) is 11.4 Å². The van der Waals surface area contributed by atoms with Crippen LogP contribution < -0.4 is 15.0 Å². The molecule has 4 rings (SSSR count). The van der Waals surface area contributed by atoms with E-state index in [2.05, 4.69) is 32.1 Å². The maximum Gasteiger partial charge on any atom is 0.241 e. The first-order valence-electron chi connectivity index (χ1n) is 11.6. The lowest BCUT2D eigenvalue weighted by Crippen LogP contribution is -2.53. The quantitative estimate of drug-likeness (QED) is 0.684. The molecule has 0 unspecified atom stereocenters. The molecule has 7 heteroatoms. The Morgan fingerprint density at radius 1 is 0.969 bits per heavy atom. The maximum atomic E-state index is 12.8. The molecular formula is C25H34N4O3. The lowest BCUT2D eigenvalue weighted by molar-refractivity contribution is -0.121. The highest BCUT2D eigenvalue weighted by Crippen LogP contribution is 2.19. The van der Waals surface area contributed by atoms with Gasteiger partial charge in [0.05, 0.1) is 19.3 Å². The molecule has 2 aromatic rings. The average Bonchev–Trinajstić information content (AvgIpc) is 2.86. The Morgan fingerprint density at radius 2 is 1.66 bits per heavy atom. The number of piperazine rings is 1. The summed E-state index contributed by atoms with van der Waals surface area (Å²) in [4.78, 5) is 19.8. The largest absolute Gasteiger partial charge is 0.492 e. The van der Waals surface area contributed by atoms with Gasteiger partial charge in [-0.3, -0.25) is 14.6 Å². The zero-order valence-electron chi connectivity index (χ0n) is 18.9. The molecule has 2 heterocycles. The van der Waals surface area contributed by atoms with Gasteiger partial charge in [0.2, 0.25) is 5.91 Å². The van der Waals surface area contributed by atoms with Gasteiger partial charge in [0.1, 0.15) is 12.4 Å². The number of carbonyl (C=O) groups is 1. The highest BCUT2D eigenvalue weighted by atomic mass is 16.5. The summed E-state index contributed by atoms with van der Waals surface area (Å²) in [6.07, 6.45) is 0. The molecule has 2 fully saturated rings. The molecule has 0 saturated carbocycles. The molecule has 7 nitrogen and oxygen atoms in total. The number of anilines is 2. The first-order chi connectivity index (χ1) is 15.7. The van der Waals surface area contributed by atoms with Gasteiger partial charge in [0, 0.05) is 57.2 Å². The predicted octanol–water partition coefficient (Wildman–Crippen LogP) is 2.55. The van der Waals surface area contributed by atoms with Crippen molar-refractivity contribution < 1.29 is 14.3 Å². The number of nitrogens with zero attached hydrogens (tertiary/aromatic N) is 3. The van der Waals surface area contributed by atoms with Crippen molar-refractivity contribution in [1.82, 2.24) is 9.80 Å². The fourth-order valence-corrected chi connectivity index (χ4v) is 4.17. The van der Waals surface area contributed by atoms with Crippen molar-refractivity contribution in [1.29, 1.82) is 0 Å². The van der Waals surface area contributed by atoms with Gasteiger partial charge in [0.25, 0.3) is 0 Å². The molecule has 2 aromatic carbocycles. The Kier molecular flexibility index (Phi) is 7.98. The Balaban J connectivity index is 1.18. The highest BCUT2D eigenvalue weighted by Gasteiger charge is 2.25. The molecule has 0 spiro atoms. The number of morpholine rings is 1. The number of nitrogens with one attached hydrogen (secondary N) is 1. The lowest BCUT2D eigenvalue weighted by Gasteiger charge is -2.37. The summed E-state index contributed by atoms with van der Waals surface area (Å²) in [5, 5.41) is 3.08. The lowest BCUT2D eigenvalue weighted by atomic mass is 10.2. The minimum Gasteiger partial charge on any atom is -0.492 e. The van der Waals surface area contributed by atoms with Crippen LogP contribution >= 0.6 is 0 Å². The first-order valence-corrected chi connectivity index (χ1v) is 11.6. The van der Waals surface area contributed by atoms with Crippen LogP contribution in [0.3, 0.4) is 0 Å². The SMILES string of the molecule is C[C@@H](C(=O)Nc1ccc(N2CCOCC2)cc1)N1CCN(CCOc2ccccc2)CC1. The summed E-state index contributed by atoms with van der Waals surface area (Å²) in [6.45, 7) is 10.6. The third-order valence-electron chi connectivity index (χ3n) is 6.26.